The molecule has 2 heterocycles. The van der Waals surface area contributed by atoms with Crippen LogP contribution in [0.1, 0.15) is 32.6 Å². The van der Waals surface area contributed by atoms with E-state index in [4.69, 9.17) is 0 Å². The average molecular weight is 167 g/mol. The van der Waals surface area contributed by atoms with Gasteiger partial charge in [-0.25, -0.2) is 0 Å². The Kier molecular flexibility index (Phi) is 1.67. The first-order valence-corrected chi connectivity index (χ1v) is 4.58. The summed E-state index contributed by atoms with van der Waals surface area (Å²) in [6.07, 6.45) is 4.28. The number of carbonyl (C=O) groups excluding carboxylic acids is 1. The van der Waals surface area contributed by atoms with E-state index >= 15 is 0 Å². The Labute approximate surface area is 72.6 Å². The van der Waals surface area contributed by atoms with Gasteiger partial charge in [0.1, 0.15) is 0 Å². The summed E-state index contributed by atoms with van der Waals surface area (Å²) in [4.78, 5) is 11.4. The maximum Gasteiger partial charge on any atom is 0.283 e. The van der Waals surface area contributed by atoms with Gasteiger partial charge >= 0.3 is 0 Å². The Morgan fingerprint density at radius 2 is 2.33 bits per heavy atom. The molecule has 2 rings (SSSR count). The van der Waals surface area contributed by atoms with E-state index in [9.17, 15) is 4.79 Å². The van der Waals surface area contributed by atoms with Gasteiger partial charge in [0.15, 0.2) is 11.8 Å². The number of hydrazine groups is 1. The first-order chi connectivity index (χ1) is 5.70. The summed E-state index contributed by atoms with van der Waals surface area (Å²) in [5.41, 5.74) is 1.35. The molecule has 3 heteroatoms. The normalized spacial score (nSPS) is 29.7. The van der Waals surface area contributed by atoms with Crippen LogP contribution in [0.5, 0.6) is 0 Å². The molecule has 2 aliphatic heterocycles. The largest absolute Gasteiger partial charge is 0.283 e. The molecule has 0 aliphatic carbocycles. The average Bonchev–Trinajstić information content (AvgIpc) is 2.29. The molecule has 12 heavy (non-hydrogen) atoms. The van der Waals surface area contributed by atoms with Crippen molar-refractivity contribution in [1.82, 2.24) is 5.01 Å². The maximum absolute atomic E-state index is 11.4. The SMILES string of the molecule is CC1=[N+]2C(CCC1)CC(=O)N2C. The number of fused-ring (bicyclic) bond motifs is 1. The van der Waals surface area contributed by atoms with Crippen LogP contribution in [0, 0.1) is 0 Å². The maximum atomic E-state index is 11.4. The molecule has 0 bridgehead atoms. The smallest absolute Gasteiger partial charge is 0.269 e. The molecule has 0 saturated carbocycles. The summed E-state index contributed by atoms with van der Waals surface area (Å²) in [6, 6.07) is 0.469. The lowest BCUT2D eigenvalue weighted by molar-refractivity contribution is -0.682. The van der Waals surface area contributed by atoms with Crippen LogP contribution in [-0.2, 0) is 4.79 Å². The van der Waals surface area contributed by atoms with E-state index in [1.54, 1.807) is 5.01 Å². The highest BCUT2D eigenvalue weighted by molar-refractivity contribution is 5.81. The molecule has 1 saturated heterocycles. The van der Waals surface area contributed by atoms with Gasteiger partial charge in [-0.1, -0.05) is 0 Å². The number of hydrogen-bond acceptors (Lipinski definition) is 1. The second-order valence-electron chi connectivity index (χ2n) is 3.75. The quantitative estimate of drug-likeness (QED) is 0.489. The molecule has 0 aromatic heterocycles. The molecule has 0 aromatic rings. The van der Waals surface area contributed by atoms with Gasteiger partial charge in [0, 0.05) is 19.8 Å². The first kappa shape index (κ1) is 7.77. The minimum absolute atomic E-state index is 0.265. The van der Waals surface area contributed by atoms with Crippen molar-refractivity contribution in [2.45, 2.75) is 38.6 Å². The Morgan fingerprint density at radius 3 is 3.00 bits per heavy atom. The van der Waals surface area contributed by atoms with Crippen LogP contribution in [-0.4, -0.2) is 34.4 Å². The van der Waals surface area contributed by atoms with E-state index in [1.165, 1.54) is 18.6 Å². The zero-order valence-electron chi connectivity index (χ0n) is 7.71. The van der Waals surface area contributed by atoms with E-state index in [-0.39, 0.29) is 5.91 Å². The molecule has 0 aromatic carbocycles. The van der Waals surface area contributed by atoms with Gasteiger partial charge in [-0.05, 0) is 6.42 Å². The van der Waals surface area contributed by atoms with E-state index in [2.05, 4.69) is 11.6 Å². The summed E-state index contributed by atoms with van der Waals surface area (Å²) in [7, 11) is 1.87. The van der Waals surface area contributed by atoms with Gasteiger partial charge in [0.25, 0.3) is 5.91 Å². The van der Waals surface area contributed by atoms with Crippen LogP contribution in [0.25, 0.3) is 0 Å². The number of hydrogen-bond donors (Lipinski definition) is 0. The van der Waals surface area contributed by atoms with Gasteiger partial charge in [0.05, 0.1) is 13.5 Å². The van der Waals surface area contributed by atoms with Crippen molar-refractivity contribution >= 4 is 11.6 Å². The molecule has 1 atom stereocenters. The summed E-state index contributed by atoms with van der Waals surface area (Å²) >= 11 is 0. The summed E-state index contributed by atoms with van der Waals surface area (Å²) in [5.74, 6) is 0.265. The number of nitrogens with zero attached hydrogens (tertiary/aromatic N) is 2. The topological polar surface area (TPSA) is 23.3 Å². The van der Waals surface area contributed by atoms with Crippen molar-refractivity contribution < 1.29 is 9.48 Å². The minimum Gasteiger partial charge on any atom is -0.269 e. The lowest BCUT2D eigenvalue weighted by Gasteiger charge is -2.16. The second kappa shape index (κ2) is 2.57. The number of carbonyl (C=O) groups is 1. The molecular weight excluding hydrogens is 152 g/mol. The van der Waals surface area contributed by atoms with E-state index in [0.717, 1.165) is 6.42 Å². The molecule has 2 aliphatic rings. The highest BCUT2D eigenvalue weighted by Gasteiger charge is 2.42. The van der Waals surface area contributed by atoms with Crippen LogP contribution in [0.3, 0.4) is 0 Å². The highest BCUT2D eigenvalue weighted by Crippen LogP contribution is 2.23. The zero-order chi connectivity index (χ0) is 8.72. The van der Waals surface area contributed by atoms with Crippen molar-refractivity contribution in [2.75, 3.05) is 7.05 Å². The first-order valence-electron chi connectivity index (χ1n) is 4.58. The van der Waals surface area contributed by atoms with Crippen molar-refractivity contribution in [3.63, 3.8) is 0 Å². The van der Waals surface area contributed by atoms with Gasteiger partial charge in [0.2, 0.25) is 0 Å². The fraction of sp³-hybridized carbons (Fsp3) is 0.778. The van der Waals surface area contributed by atoms with E-state index in [0.29, 0.717) is 12.5 Å². The number of rotatable bonds is 0. The lowest BCUT2D eigenvalue weighted by atomic mass is 10.0. The van der Waals surface area contributed by atoms with Gasteiger partial charge in [-0.3, -0.25) is 4.79 Å². The minimum atomic E-state index is 0.265. The van der Waals surface area contributed by atoms with E-state index in [1.807, 2.05) is 7.05 Å². The van der Waals surface area contributed by atoms with Crippen LogP contribution < -0.4 is 0 Å². The highest BCUT2D eigenvalue weighted by atomic mass is 16.2. The molecule has 0 spiro atoms. The zero-order valence-corrected chi connectivity index (χ0v) is 7.71. The summed E-state index contributed by atoms with van der Waals surface area (Å²) < 4.78 is 2.17. The Bertz CT molecular complexity index is 257. The number of hydrazone groups is 1. The Balaban J connectivity index is 2.37. The third kappa shape index (κ3) is 0.958. The fourth-order valence-corrected chi connectivity index (χ4v) is 2.29. The molecule has 66 valence electrons. The van der Waals surface area contributed by atoms with Gasteiger partial charge < -0.3 is 0 Å². The molecule has 0 radical (unpaired) electrons. The predicted octanol–water partition coefficient (Wildman–Crippen LogP) is 0.789. The molecule has 0 N–H and O–H groups in total. The predicted molar refractivity (Wildman–Crippen MR) is 46.0 cm³/mol. The number of amides is 1. The van der Waals surface area contributed by atoms with Gasteiger partial charge in [-0.2, -0.15) is 0 Å². The van der Waals surface area contributed by atoms with Crippen LogP contribution in [0.4, 0.5) is 0 Å². The van der Waals surface area contributed by atoms with Crippen molar-refractivity contribution in [3.8, 4) is 0 Å². The van der Waals surface area contributed by atoms with Crippen molar-refractivity contribution in [1.29, 1.82) is 0 Å². The van der Waals surface area contributed by atoms with Crippen LogP contribution in [0.15, 0.2) is 0 Å². The monoisotopic (exact) mass is 167 g/mol. The standard InChI is InChI=1S/C9H15N2O/c1-7-4-3-5-8-6-9(12)10(2)11(7)8/h8H,3-6H2,1-2H3/q+1. The van der Waals surface area contributed by atoms with Crippen LogP contribution >= 0.6 is 0 Å². The fourth-order valence-electron chi connectivity index (χ4n) is 2.29. The molecule has 1 unspecified atom stereocenters. The molecule has 3 nitrogen and oxygen atoms in total. The third-order valence-corrected chi connectivity index (χ3v) is 2.91. The molecule has 1 fully saturated rings. The summed E-state index contributed by atoms with van der Waals surface area (Å²) in [5, 5.41) is 1.78. The van der Waals surface area contributed by atoms with Crippen LogP contribution in [0.2, 0.25) is 0 Å². The summed E-state index contributed by atoms with van der Waals surface area (Å²) in [6.45, 7) is 2.13. The van der Waals surface area contributed by atoms with Gasteiger partial charge in [-0.15, -0.1) is 9.69 Å². The third-order valence-electron chi connectivity index (χ3n) is 2.91. The van der Waals surface area contributed by atoms with Crippen molar-refractivity contribution in [3.05, 3.63) is 0 Å². The second-order valence-corrected chi connectivity index (χ2v) is 3.75. The van der Waals surface area contributed by atoms with E-state index < -0.39 is 0 Å². The van der Waals surface area contributed by atoms with Crippen molar-refractivity contribution in [2.24, 2.45) is 0 Å². The molecule has 1 amide bonds. The molecular formula is C9H15N2O+. The Hall–Kier alpha value is -0.860. The Morgan fingerprint density at radius 1 is 1.58 bits per heavy atom. The lowest BCUT2D eigenvalue weighted by Crippen LogP contribution is -2.37.